The quantitative estimate of drug-likeness (QED) is 0.271. The Bertz CT molecular complexity index is 433. The van der Waals surface area contributed by atoms with Gasteiger partial charge in [0.05, 0.1) is 13.1 Å². The van der Waals surface area contributed by atoms with Crippen molar-refractivity contribution in [3.63, 3.8) is 0 Å². The van der Waals surface area contributed by atoms with E-state index in [0.717, 1.165) is 13.1 Å². The van der Waals surface area contributed by atoms with Crippen molar-refractivity contribution in [1.82, 2.24) is 4.57 Å². The van der Waals surface area contributed by atoms with Crippen molar-refractivity contribution in [2.45, 2.75) is 33.9 Å². The van der Waals surface area contributed by atoms with Gasteiger partial charge in [0.15, 0.2) is 11.0 Å². The molecule has 0 bridgehead atoms. The molecule has 0 aliphatic carbocycles. The van der Waals surface area contributed by atoms with Crippen LogP contribution in [0, 0.1) is 6.92 Å². The van der Waals surface area contributed by atoms with Crippen LogP contribution in [0.4, 0.5) is 0 Å². The number of fused-ring (bicyclic) bond motifs is 1. The van der Waals surface area contributed by atoms with Crippen molar-refractivity contribution >= 4 is 11.0 Å². The number of aryl methyl sites for hydroxylation is 2. The SMILES string of the molecule is CCn1c(C)[n+](CC)c2ccccc21.[Au+3].[Cl-].[Cl-].[Cl-].[Cl-]. The molecule has 0 saturated heterocycles. The number of imidazole rings is 1. The molecule has 19 heavy (non-hydrogen) atoms. The zero-order valence-electron chi connectivity index (χ0n) is 10.9. The van der Waals surface area contributed by atoms with E-state index in [-0.39, 0.29) is 72.0 Å². The van der Waals surface area contributed by atoms with E-state index in [1.165, 1.54) is 16.9 Å². The molecule has 0 radical (unpaired) electrons. The first kappa shape index (κ1) is 27.9. The summed E-state index contributed by atoms with van der Waals surface area (Å²) < 4.78 is 4.72. The molecule has 0 N–H and O–H groups in total. The van der Waals surface area contributed by atoms with Crippen LogP contribution < -0.4 is 54.2 Å². The van der Waals surface area contributed by atoms with Gasteiger partial charge in [0.2, 0.25) is 0 Å². The zero-order valence-corrected chi connectivity index (χ0v) is 16.1. The fraction of sp³-hybridized carbons (Fsp3) is 0.417. The minimum Gasteiger partial charge on any atom is -1.00 e. The maximum atomic E-state index is 2.36. The molecule has 7 heteroatoms. The molecule has 0 amide bonds. The Hall–Kier alpha value is 0.590. The number of hydrogen-bond donors (Lipinski definition) is 0. The summed E-state index contributed by atoms with van der Waals surface area (Å²) in [5.41, 5.74) is 2.68. The number of benzene rings is 1. The number of nitrogens with zero attached hydrogens (tertiary/aromatic N) is 2. The van der Waals surface area contributed by atoms with Crippen LogP contribution in [-0.2, 0) is 35.5 Å². The van der Waals surface area contributed by atoms with E-state index >= 15 is 0 Å². The summed E-state index contributed by atoms with van der Waals surface area (Å²) in [7, 11) is 0. The summed E-state index contributed by atoms with van der Waals surface area (Å²) in [6.45, 7) is 8.66. The molecule has 1 aromatic heterocycles. The third-order valence-corrected chi connectivity index (χ3v) is 2.88. The summed E-state index contributed by atoms with van der Waals surface area (Å²) in [6, 6.07) is 8.60. The molecule has 2 aromatic rings. The van der Waals surface area contributed by atoms with Crippen LogP contribution in [0.3, 0.4) is 0 Å². The Kier molecular flexibility index (Phi) is 18.1. The second-order valence-corrected chi connectivity index (χ2v) is 3.52. The van der Waals surface area contributed by atoms with E-state index in [1.54, 1.807) is 0 Å². The van der Waals surface area contributed by atoms with Crippen molar-refractivity contribution < 1.29 is 76.6 Å². The number of aromatic nitrogens is 2. The van der Waals surface area contributed by atoms with Crippen molar-refractivity contribution in [2.75, 3.05) is 0 Å². The van der Waals surface area contributed by atoms with Crippen LogP contribution in [0.2, 0.25) is 0 Å². The van der Waals surface area contributed by atoms with Crippen molar-refractivity contribution in [2.24, 2.45) is 0 Å². The van der Waals surface area contributed by atoms with Gasteiger partial charge in [-0.25, -0.2) is 9.13 Å². The van der Waals surface area contributed by atoms with Gasteiger partial charge in [-0.05, 0) is 26.0 Å². The summed E-state index contributed by atoms with van der Waals surface area (Å²) in [5.74, 6) is 1.34. The summed E-state index contributed by atoms with van der Waals surface area (Å²) in [4.78, 5) is 0. The molecule has 0 aliphatic rings. The molecule has 2 rings (SSSR count). The molecular formula is C12H17AuCl4N2. The molecule has 0 saturated carbocycles. The molecular weight excluding hydrogens is 511 g/mol. The second kappa shape index (κ2) is 12.3. The summed E-state index contributed by atoms with van der Waals surface area (Å²) >= 11 is 0. The maximum absolute atomic E-state index is 2.36. The van der Waals surface area contributed by atoms with E-state index in [2.05, 4.69) is 54.2 Å². The Morgan fingerprint density at radius 3 is 2.00 bits per heavy atom. The van der Waals surface area contributed by atoms with E-state index in [9.17, 15) is 0 Å². The van der Waals surface area contributed by atoms with Gasteiger partial charge in [0.1, 0.15) is 0 Å². The predicted octanol–water partition coefficient (Wildman–Crippen LogP) is -9.71. The molecule has 0 spiro atoms. The Morgan fingerprint density at radius 2 is 1.53 bits per heavy atom. The minimum absolute atomic E-state index is 0. The molecule has 0 unspecified atom stereocenters. The smallest absolute Gasteiger partial charge is 1.00 e. The van der Waals surface area contributed by atoms with Crippen LogP contribution in [-0.4, -0.2) is 4.57 Å². The normalized spacial score (nSPS) is 8.16. The van der Waals surface area contributed by atoms with Gasteiger partial charge in [0.25, 0.3) is 5.82 Å². The summed E-state index contributed by atoms with van der Waals surface area (Å²) in [6.07, 6.45) is 0. The molecule has 114 valence electrons. The topological polar surface area (TPSA) is 8.81 Å². The van der Waals surface area contributed by atoms with Crippen LogP contribution >= 0.6 is 0 Å². The summed E-state index contributed by atoms with van der Waals surface area (Å²) in [5, 5.41) is 0. The fourth-order valence-electron chi connectivity index (χ4n) is 2.21. The Morgan fingerprint density at radius 1 is 1.00 bits per heavy atom. The van der Waals surface area contributed by atoms with Crippen LogP contribution in [0.5, 0.6) is 0 Å². The van der Waals surface area contributed by atoms with Gasteiger partial charge in [-0.3, -0.25) is 0 Å². The third kappa shape index (κ3) is 5.13. The first-order valence-corrected chi connectivity index (χ1v) is 5.27. The number of para-hydroxylation sites is 2. The molecule has 0 atom stereocenters. The largest absolute Gasteiger partial charge is 3.00 e. The van der Waals surface area contributed by atoms with E-state index in [1.807, 2.05) is 0 Å². The number of hydrogen-bond acceptors (Lipinski definition) is 0. The number of halogens is 4. The standard InChI is InChI=1S/C12H17N2.Au.4ClH/c1-4-13-10(3)14(5-2)12-9-7-6-8-11(12)13;;;;;/h6-9H,4-5H2,1-3H3;;4*1H/q+1;+3;;;;/p-4. The maximum Gasteiger partial charge on any atom is 3.00 e. The van der Waals surface area contributed by atoms with Gasteiger partial charge >= 0.3 is 22.4 Å². The van der Waals surface area contributed by atoms with Gasteiger partial charge < -0.3 is 49.6 Å². The van der Waals surface area contributed by atoms with Crippen LogP contribution in [0.1, 0.15) is 19.7 Å². The van der Waals surface area contributed by atoms with Crippen molar-refractivity contribution in [3.8, 4) is 0 Å². The van der Waals surface area contributed by atoms with Gasteiger partial charge in [0, 0.05) is 6.92 Å². The van der Waals surface area contributed by atoms with Crippen LogP contribution in [0.25, 0.3) is 11.0 Å². The monoisotopic (exact) mass is 526 g/mol. The van der Waals surface area contributed by atoms with Crippen molar-refractivity contribution in [3.05, 3.63) is 30.1 Å². The first-order chi connectivity index (χ1) is 6.79. The first-order valence-electron chi connectivity index (χ1n) is 5.27. The van der Waals surface area contributed by atoms with Gasteiger partial charge in [-0.1, -0.05) is 12.1 Å². The minimum atomic E-state index is 0. The van der Waals surface area contributed by atoms with E-state index in [4.69, 9.17) is 0 Å². The Labute approximate surface area is 155 Å². The van der Waals surface area contributed by atoms with E-state index < -0.39 is 0 Å². The van der Waals surface area contributed by atoms with Gasteiger partial charge in [-0.2, -0.15) is 0 Å². The molecule has 0 fully saturated rings. The molecule has 0 aliphatic heterocycles. The average molecular weight is 528 g/mol. The van der Waals surface area contributed by atoms with Crippen LogP contribution in [0.15, 0.2) is 24.3 Å². The molecule has 1 aromatic carbocycles. The molecule has 2 nitrogen and oxygen atoms in total. The Balaban J connectivity index is -0.000000225. The zero-order chi connectivity index (χ0) is 10.1. The van der Waals surface area contributed by atoms with Gasteiger partial charge in [-0.15, -0.1) is 0 Å². The van der Waals surface area contributed by atoms with Crippen molar-refractivity contribution in [1.29, 1.82) is 0 Å². The molecule has 1 heterocycles. The van der Waals surface area contributed by atoms with E-state index in [0.29, 0.717) is 0 Å². The second-order valence-electron chi connectivity index (χ2n) is 3.52. The third-order valence-electron chi connectivity index (χ3n) is 2.88. The fourth-order valence-corrected chi connectivity index (χ4v) is 2.21. The number of rotatable bonds is 2. The predicted molar refractivity (Wildman–Crippen MR) is 58.2 cm³/mol. The average Bonchev–Trinajstić information content (AvgIpc) is 2.49.